The fourth-order valence-electron chi connectivity index (χ4n) is 2.19. The van der Waals surface area contributed by atoms with Gasteiger partial charge in [-0.25, -0.2) is 0 Å². The average molecular weight is 464 g/mol. The Balaban J connectivity index is 2.05. The van der Waals surface area contributed by atoms with Crippen LogP contribution in [-0.2, 0) is 16.1 Å². The fraction of sp³-hybridized carbons (Fsp3) is 0.333. The van der Waals surface area contributed by atoms with Gasteiger partial charge < -0.3 is 18.8 Å². The number of nitrogens with zero attached hydrogens (tertiary/aromatic N) is 1. The number of carbonyl (C=O) groups excluding carboxylic acids is 2. The van der Waals surface area contributed by atoms with E-state index in [-0.39, 0.29) is 24.7 Å². The Bertz CT molecular complexity index is 804. The van der Waals surface area contributed by atoms with Gasteiger partial charge in [-0.05, 0) is 43.3 Å². The molecule has 1 amide bonds. The maximum Gasteiger partial charge on any atom is 0.406 e. The number of rotatable bonds is 8. The first-order valence-electron chi connectivity index (χ1n) is 8.16. The summed E-state index contributed by atoms with van der Waals surface area (Å²) in [5.41, 5.74) is 0. The lowest BCUT2D eigenvalue weighted by atomic mass is 10.3. The van der Waals surface area contributed by atoms with Gasteiger partial charge in [0.2, 0.25) is 0 Å². The SMILES string of the molecule is CCOC(=O)CN(CC(F)(F)F)C(=O)c1ccc(COc2ccc(Br)cc2)o1. The predicted molar refractivity (Wildman–Crippen MR) is 95.8 cm³/mol. The molecular formula is C18H17BrF3NO5. The van der Waals surface area contributed by atoms with E-state index in [1.807, 2.05) is 0 Å². The third kappa shape index (κ3) is 6.91. The predicted octanol–water partition coefficient (Wildman–Crippen LogP) is 4.19. The summed E-state index contributed by atoms with van der Waals surface area (Å²) < 4.78 is 54.5. The number of esters is 1. The van der Waals surface area contributed by atoms with E-state index >= 15 is 0 Å². The molecule has 0 bridgehead atoms. The molecule has 0 saturated carbocycles. The Labute approximate surface area is 167 Å². The molecule has 0 atom stereocenters. The molecule has 2 aromatic rings. The minimum absolute atomic E-state index is 0.00875. The number of carbonyl (C=O) groups is 2. The van der Waals surface area contributed by atoms with Crippen LogP contribution in [0.5, 0.6) is 5.75 Å². The number of halogens is 4. The lowest BCUT2D eigenvalue weighted by Crippen LogP contribution is -2.42. The summed E-state index contributed by atoms with van der Waals surface area (Å²) >= 11 is 3.29. The van der Waals surface area contributed by atoms with Gasteiger partial charge in [0.15, 0.2) is 5.76 Å². The van der Waals surface area contributed by atoms with Crippen molar-refractivity contribution in [3.63, 3.8) is 0 Å². The van der Waals surface area contributed by atoms with Crippen molar-refractivity contribution in [2.75, 3.05) is 19.7 Å². The van der Waals surface area contributed by atoms with E-state index in [1.54, 1.807) is 24.3 Å². The van der Waals surface area contributed by atoms with Gasteiger partial charge in [0.1, 0.15) is 31.2 Å². The van der Waals surface area contributed by atoms with Gasteiger partial charge in [-0.2, -0.15) is 13.2 Å². The Morgan fingerprint density at radius 1 is 1.14 bits per heavy atom. The normalized spacial score (nSPS) is 11.2. The third-order valence-electron chi connectivity index (χ3n) is 3.35. The molecule has 6 nitrogen and oxygen atoms in total. The van der Waals surface area contributed by atoms with E-state index in [1.165, 1.54) is 19.1 Å². The molecule has 0 aliphatic carbocycles. The van der Waals surface area contributed by atoms with Gasteiger partial charge in [-0.1, -0.05) is 15.9 Å². The van der Waals surface area contributed by atoms with E-state index in [9.17, 15) is 22.8 Å². The molecule has 28 heavy (non-hydrogen) atoms. The minimum Gasteiger partial charge on any atom is -0.486 e. The maximum absolute atomic E-state index is 12.8. The lowest BCUT2D eigenvalue weighted by molar-refractivity contribution is -0.153. The molecule has 0 unspecified atom stereocenters. The highest BCUT2D eigenvalue weighted by Crippen LogP contribution is 2.21. The summed E-state index contributed by atoms with van der Waals surface area (Å²) in [4.78, 5) is 24.2. The molecule has 2 rings (SSSR count). The van der Waals surface area contributed by atoms with Crippen LogP contribution in [0.3, 0.4) is 0 Å². The first-order valence-corrected chi connectivity index (χ1v) is 8.96. The number of furan rings is 1. The van der Waals surface area contributed by atoms with Crippen LogP contribution in [0.25, 0.3) is 0 Å². The quantitative estimate of drug-likeness (QED) is 0.549. The first kappa shape index (κ1) is 21.8. The summed E-state index contributed by atoms with van der Waals surface area (Å²) in [5.74, 6) is -1.54. The number of amides is 1. The van der Waals surface area contributed by atoms with Crippen LogP contribution in [0.15, 0.2) is 45.3 Å². The van der Waals surface area contributed by atoms with E-state index in [0.29, 0.717) is 10.6 Å². The molecule has 0 radical (unpaired) electrons. The summed E-state index contributed by atoms with van der Waals surface area (Å²) in [6, 6.07) is 9.62. The third-order valence-corrected chi connectivity index (χ3v) is 3.88. The molecule has 0 saturated heterocycles. The molecule has 1 heterocycles. The van der Waals surface area contributed by atoms with E-state index in [0.717, 1.165) is 4.47 Å². The molecular weight excluding hydrogens is 447 g/mol. The monoisotopic (exact) mass is 463 g/mol. The van der Waals surface area contributed by atoms with Crippen LogP contribution >= 0.6 is 15.9 Å². The molecule has 0 spiro atoms. The minimum atomic E-state index is -4.68. The van der Waals surface area contributed by atoms with E-state index in [4.69, 9.17) is 9.15 Å². The molecule has 0 aliphatic rings. The molecule has 1 aromatic heterocycles. The largest absolute Gasteiger partial charge is 0.486 e. The standard InChI is InChI=1S/C18H17BrF3NO5/c1-2-26-16(24)9-23(11-18(20,21)22)17(25)15-8-7-14(28-15)10-27-13-5-3-12(19)4-6-13/h3-8H,2,9-11H2,1H3. The van der Waals surface area contributed by atoms with Gasteiger partial charge in [0, 0.05) is 4.47 Å². The zero-order valence-corrected chi connectivity index (χ0v) is 16.4. The van der Waals surface area contributed by atoms with Crippen LogP contribution in [0.2, 0.25) is 0 Å². The number of alkyl halides is 3. The first-order chi connectivity index (χ1) is 13.2. The molecule has 0 N–H and O–H groups in total. The van der Waals surface area contributed by atoms with Gasteiger partial charge in [-0.3, -0.25) is 9.59 Å². The van der Waals surface area contributed by atoms with Crippen LogP contribution in [0.1, 0.15) is 23.2 Å². The zero-order valence-electron chi connectivity index (χ0n) is 14.8. The lowest BCUT2D eigenvalue weighted by Gasteiger charge is -2.21. The second-order valence-corrected chi connectivity index (χ2v) is 6.51. The van der Waals surface area contributed by atoms with Crippen LogP contribution in [0.4, 0.5) is 13.2 Å². The van der Waals surface area contributed by atoms with Crippen molar-refractivity contribution in [3.8, 4) is 5.75 Å². The second kappa shape index (κ2) is 9.63. The van der Waals surface area contributed by atoms with Gasteiger partial charge >= 0.3 is 12.1 Å². The van der Waals surface area contributed by atoms with Gasteiger partial charge in [0.05, 0.1) is 6.61 Å². The molecule has 1 aromatic carbocycles. The Morgan fingerprint density at radius 3 is 2.43 bits per heavy atom. The Hall–Kier alpha value is -2.49. The summed E-state index contributed by atoms with van der Waals surface area (Å²) in [7, 11) is 0. The fourth-order valence-corrected chi connectivity index (χ4v) is 2.45. The average Bonchev–Trinajstić information content (AvgIpc) is 3.08. The molecule has 0 fully saturated rings. The Kier molecular flexibility index (Phi) is 7.50. The van der Waals surface area contributed by atoms with Gasteiger partial charge in [-0.15, -0.1) is 0 Å². The highest BCUT2D eigenvalue weighted by molar-refractivity contribution is 9.10. The van der Waals surface area contributed by atoms with Crippen molar-refractivity contribution in [1.29, 1.82) is 0 Å². The van der Waals surface area contributed by atoms with Crippen LogP contribution in [0, 0.1) is 0 Å². The van der Waals surface area contributed by atoms with Crippen molar-refractivity contribution in [2.24, 2.45) is 0 Å². The smallest absolute Gasteiger partial charge is 0.406 e. The van der Waals surface area contributed by atoms with Crippen LogP contribution in [-0.4, -0.2) is 42.6 Å². The van der Waals surface area contributed by atoms with E-state index in [2.05, 4.69) is 20.7 Å². The topological polar surface area (TPSA) is 69.0 Å². The highest BCUT2D eigenvalue weighted by Gasteiger charge is 2.35. The molecule has 0 aliphatic heterocycles. The number of hydrogen-bond acceptors (Lipinski definition) is 5. The summed E-state index contributed by atoms with van der Waals surface area (Å²) in [6.07, 6.45) is -4.68. The molecule has 152 valence electrons. The van der Waals surface area contributed by atoms with Crippen molar-refractivity contribution < 1.29 is 36.7 Å². The number of ether oxygens (including phenoxy) is 2. The van der Waals surface area contributed by atoms with E-state index < -0.39 is 31.1 Å². The van der Waals surface area contributed by atoms with Crippen molar-refractivity contribution in [1.82, 2.24) is 4.90 Å². The van der Waals surface area contributed by atoms with Crippen molar-refractivity contribution in [3.05, 3.63) is 52.4 Å². The highest BCUT2D eigenvalue weighted by atomic mass is 79.9. The second-order valence-electron chi connectivity index (χ2n) is 5.59. The van der Waals surface area contributed by atoms with Crippen molar-refractivity contribution in [2.45, 2.75) is 19.7 Å². The summed E-state index contributed by atoms with van der Waals surface area (Å²) in [6.45, 7) is -0.955. The number of benzene rings is 1. The maximum atomic E-state index is 12.8. The molecule has 10 heteroatoms. The summed E-state index contributed by atoms with van der Waals surface area (Å²) in [5, 5.41) is 0. The van der Waals surface area contributed by atoms with Gasteiger partial charge in [0.25, 0.3) is 5.91 Å². The Morgan fingerprint density at radius 2 is 1.82 bits per heavy atom. The number of hydrogen-bond donors (Lipinski definition) is 0. The zero-order chi connectivity index (χ0) is 20.7. The van der Waals surface area contributed by atoms with Crippen molar-refractivity contribution >= 4 is 27.8 Å². The van der Waals surface area contributed by atoms with Crippen LogP contribution < -0.4 is 4.74 Å².